The van der Waals surface area contributed by atoms with E-state index in [1.54, 1.807) is 6.07 Å². The van der Waals surface area contributed by atoms with Crippen molar-refractivity contribution in [3.8, 4) is 0 Å². The molecule has 0 radical (unpaired) electrons. The molecule has 1 aromatic carbocycles. The van der Waals surface area contributed by atoms with Crippen LogP contribution in [0.15, 0.2) is 12.1 Å². The standard InChI is InChI=1S/C10H15N3O4/c11-8-1-2-9(12-4-6-15)7(3-5-14)10(8)13(16)17/h1-2,12,14-15H,3-6,11H2. The van der Waals surface area contributed by atoms with Gasteiger partial charge in [-0.1, -0.05) is 0 Å². The molecule has 0 atom stereocenters. The summed E-state index contributed by atoms with van der Waals surface area (Å²) in [6.07, 6.45) is 0.134. The van der Waals surface area contributed by atoms with E-state index in [1.807, 2.05) is 0 Å². The lowest BCUT2D eigenvalue weighted by atomic mass is 10.1. The zero-order valence-electron chi connectivity index (χ0n) is 9.22. The van der Waals surface area contributed by atoms with Gasteiger partial charge in [-0.05, 0) is 12.1 Å². The maximum Gasteiger partial charge on any atom is 0.297 e. The van der Waals surface area contributed by atoms with E-state index in [2.05, 4.69) is 5.32 Å². The highest BCUT2D eigenvalue weighted by molar-refractivity contribution is 5.72. The number of nitro groups is 1. The normalized spacial score (nSPS) is 10.2. The molecule has 0 fully saturated rings. The van der Waals surface area contributed by atoms with Crippen molar-refractivity contribution < 1.29 is 15.1 Å². The van der Waals surface area contributed by atoms with Gasteiger partial charge in [0, 0.05) is 25.3 Å². The van der Waals surface area contributed by atoms with Crippen LogP contribution < -0.4 is 11.1 Å². The SMILES string of the molecule is Nc1ccc(NCCO)c(CCO)c1[N+](=O)[O-]. The van der Waals surface area contributed by atoms with E-state index in [0.29, 0.717) is 11.3 Å². The molecule has 0 aliphatic carbocycles. The third-order valence-electron chi connectivity index (χ3n) is 2.29. The van der Waals surface area contributed by atoms with Gasteiger partial charge in [0.1, 0.15) is 5.69 Å². The Labute approximate surface area is 98.0 Å². The lowest BCUT2D eigenvalue weighted by molar-refractivity contribution is -0.384. The molecule has 0 saturated heterocycles. The molecule has 1 rings (SSSR count). The van der Waals surface area contributed by atoms with E-state index in [4.69, 9.17) is 15.9 Å². The summed E-state index contributed by atoms with van der Waals surface area (Å²) in [5.41, 5.74) is 6.28. The van der Waals surface area contributed by atoms with E-state index in [1.165, 1.54) is 6.07 Å². The van der Waals surface area contributed by atoms with Crippen molar-refractivity contribution >= 4 is 17.1 Å². The van der Waals surface area contributed by atoms with Gasteiger partial charge >= 0.3 is 0 Å². The van der Waals surface area contributed by atoms with Gasteiger partial charge in [0.25, 0.3) is 5.69 Å². The van der Waals surface area contributed by atoms with E-state index in [0.717, 1.165) is 0 Å². The first-order chi connectivity index (χ1) is 8.11. The number of anilines is 2. The molecule has 5 N–H and O–H groups in total. The van der Waals surface area contributed by atoms with Gasteiger partial charge in [0.2, 0.25) is 0 Å². The van der Waals surface area contributed by atoms with Gasteiger partial charge < -0.3 is 21.3 Å². The van der Waals surface area contributed by atoms with Crippen LogP contribution in [0.5, 0.6) is 0 Å². The molecule has 0 aliphatic rings. The Hall–Kier alpha value is -1.86. The molecule has 7 heteroatoms. The number of benzene rings is 1. The van der Waals surface area contributed by atoms with Crippen molar-refractivity contribution in [1.82, 2.24) is 0 Å². The van der Waals surface area contributed by atoms with Crippen LogP contribution in [0.4, 0.5) is 17.1 Å². The van der Waals surface area contributed by atoms with E-state index in [-0.39, 0.29) is 37.6 Å². The van der Waals surface area contributed by atoms with E-state index < -0.39 is 4.92 Å². The Morgan fingerprint density at radius 1 is 1.35 bits per heavy atom. The maximum atomic E-state index is 10.9. The molecular formula is C10H15N3O4. The fraction of sp³-hybridized carbons (Fsp3) is 0.400. The molecule has 0 unspecified atom stereocenters. The predicted octanol–water partition coefficient (Wildman–Crippen LogP) is 0.116. The summed E-state index contributed by atoms with van der Waals surface area (Å²) in [6.45, 7) is -0.0195. The maximum absolute atomic E-state index is 10.9. The first-order valence-corrected chi connectivity index (χ1v) is 5.13. The minimum Gasteiger partial charge on any atom is -0.396 e. The highest BCUT2D eigenvalue weighted by atomic mass is 16.6. The smallest absolute Gasteiger partial charge is 0.297 e. The van der Waals surface area contributed by atoms with E-state index >= 15 is 0 Å². The molecule has 0 bridgehead atoms. The van der Waals surface area contributed by atoms with Crippen molar-refractivity contribution in [3.63, 3.8) is 0 Å². The van der Waals surface area contributed by atoms with Crippen LogP contribution in [0.1, 0.15) is 5.56 Å². The average Bonchev–Trinajstić information content (AvgIpc) is 2.28. The highest BCUT2D eigenvalue weighted by Crippen LogP contribution is 2.32. The minimum absolute atomic E-state index is 0.0630. The third kappa shape index (κ3) is 3.05. The topological polar surface area (TPSA) is 122 Å². The van der Waals surface area contributed by atoms with Crippen LogP contribution >= 0.6 is 0 Å². The number of nitrogen functional groups attached to an aromatic ring is 1. The molecule has 1 aromatic rings. The summed E-state index contributed by atoms with van der Waals surface area (Å²) < 4.78 is 0. The van der Waals surface area contributed by atoms with Gasteiger partial charge in [-0.2, -0.15) is 0 Å². The Kier molecular flexibility index (Phi) is 4.68. The lowest BCUT2D eigenvalue weighted by Crippen LogP contribution is -2.11. The Morgan fingerprint density at radius 3 is 2.59 bits per heavy atom. The Morgan fingerprint density at radius 2 is 2.06 bits per heavy atom. The van der Waals surface area contributed by atoms with Gasteiger partial charge in [-0.3, -0.25) is 10.1 Å². The summed E-state index contributed by atoms with van der Waals surface area (Å²) in [5, 5.41) is 31.4. The summed E-state index contributed by atoms with van der Waals surface area (Å²) >= 11 is 0. The first kappa shape index (κ1) is 13.2. The van der Waals surface area contributed by atoms with Crippen LogP contribution in [0, 0.1) is 10.1 Å². The molecule has 94 valence electrons. The number of hydrogen-bond donors (Lipinski definition) is 4. The highest BCUT2D eigenvalue weighted by Gasteiger charge is 2.21. The molecular weight excluding hydrogens is 226 g/mol. The number of nitrogens with one attached hydrogen (secondary N) is 1. The fourth-order valence-electron chi connectivity index (χ4n) is 1.59. The molecule has 17 heavy (non-hydrogen) atoms. The number of hydrogen-bond acceptors (Lipinski definition) is 6. The van der Waals surface area contributed by atoms with Gasteiger partial charge in [0.15, 0.2) is 0 Å². The second-order valence-corrected chi connectivity index (χ2v) is 3.41. The third-order valence-corrected chi connectivity index (χ3v) is 2.29. The molecule has 0 spiro atoms. The van der Waals surface area contributed by atoms with E-state index in [9.17, 15) is 10.1 Å². The second kappa shape index (κ2) is 6.02. The molecule has 0 heterocycles. The lowest BCUT2D eigenvalue weighted by Gasteiger charge is -2.12. The number of nitrogens with two attached hydrogens (primary N) is 1. The number of nitrogens with zero attached hydrogens (tertiary/aromatic N) is 1. The van der Waals surface area contributed by atoms with Crippen molar-refractivity contribution in [1.29, 1.82) is 0 Å². The molecule has 0 aliphatic heterocycles. The van der Waals surface area contributed by atoms with Crippen LogP contribution in [0.3, 0.4) is 0 Å². The molecule has 0 saturated carbocycles. The number of rotatable bonds is 6. The first-order valence-electron chi connectivity index (χ1n) is 5.13. The van der Waals surface area contributed by atoms with Gasteiger partial charge in [0.05, 0.1) is 17.1 Å². The molecule has 7 nitrogen and oxygen atoms in total. The second-order valence-electron chi connectivity index (χ2n) is 3.41. The number of aliphatic hydroxyl groups excluding tert-OH is 2. The summed E-state index contributed by atoms with van der Waals surface area (Å²) in [7, 11) is 0. The largest absolute Gasteiger partial charge is 0.396 e. The number of nitro benzene ring substituents is 1. The van der Waals surface area contributed by atoms with Crippen LogP contribution in [0.2, 0.25) is 0 Å². The van der Waals surface area contributed by atoms with Crippen molar-refractivity contribution in [3.05, 3.63) is 27.8 Å². The summed E-state index contributed by atoms with van der Waals surface area (Å²) in [5.74, 6) is 0. The number of aliphatic hydroxyl groups is 2. The average molecular weight is 241 g/mol. The zero-order valence-corrected chi connectivity index (χ0v) is 9.22. The van der Waals surface area contributed by atoms with Crippen molar-refractivity contribution in [2.24, 2.45) is 0 Å². The van der Waals surface area contributed by atoms with Crippen molar-refractivity contribution in [2.75, 3.05) is 30.8 Å². The van der Waals surface area contributed by atoms with Gasteiger partial charge in [-0.25, -0.2) is 0 Å². The monoisotopic (exact) mass is 241 g/mol. The Balaban J connectivity index is 3.20. The van der Waals surface area contributed by atoms with Gasteiger partial charge in [-0.15, -0.1) is 0 Å². The minimum atomic E-state index is -0.565. The Bertz CT molecular complexity index is 409. The zero-order chi connectivity index (χ0) is 12.8. The van der Waals surface area contributed by atoms with Crippen molar-refractivity contribution in [2.45, 2.75) is 6.42 Å². The quantitative estimate of drug-likeness (QED) is 0.319. The summed E-state index contributed by atoms with van der Waals surface area (Å²) in [4.78, 5) is 10.3. The van der Waals surface area contributed by atoms with Crippen LogP contribution in [-0.4, -0.2) is 34.9 Å². The van der Waals surface area contributed by atoms with Crippen LogP contribution in [0.25, 0.3) is 0 Å². The predicted molar refractivity (Wildman–Crippen MR) is 63.9 cm³/mol. The summed E-state index contributed by atoms with van der Waals surface area (Å²) in [6, 6.07) is 3.03. The molecule has 0 aromatic heterocycles. The van der Waals surface area contributed by atoms with Crippen LogP contribution in [-0.2, 0) is 6.42 Å². The molecule has 0 amide bonds. The fourth-order valence-corrected chi connectivity index (χ4v) is 1.59.